The van der Waals surface area contributed by atoms with Crippen molar-refractivity contribution in [3.05, 3.63) is 48.1 Å². The van der Waals surface area contributed by atoms with Crippen molar-refractivity contribution in [1.82, 2.24) is 9.55 Å². The summed E-state index contributed by atoms with van der Waals surface area (Å²) in [5, 5.41) is 2.17. The third-order valence-electron chi connectivity index (χ3n) is 2.25. The molecule has 0 bridgehead atoms. The second-order valence-electron chi connectivity index (χ2n) is 3.44. The quantitative estimate of drug-likeness (QED) is 0.867. The van der Waals surface area contributed by atoms with Crippen LogP contribution in [-0.4, -0.2) is 15.5 Å². The molecule has 17 heavy (non-hydrogen) atoms. The Morgan fingerprint density at radius 2 is 2.00 bits per heavy atom. The molecule has 0 atom stereocenters. The number of benzene rings is 1. The number of aryl methyl sites for hydroxylation is 1. The molecule has 1 aromatic carbocycles. The molecular weight excluding hydrogens is 228 g/mol. The molecule has 0 saturated carbocycles. The molecule has 4 nitrogen and oxygen atoms in total. The zero-order valence-corrected chi connectivity index (χ0v) is 8.95. The summed E-state index contributed by atoms with van der Waals surface area (Å²) in [5.74, 6) is -2.25. The Hall–Kier alpha value is -2.24. The summed E-state index contributed by atoms with van der Waals surface area (Å²) in [4.78, 5) is 15.4. The number of halogens is 2. The van der Waals surface area contributed by atoms with Crippen molar-refractivity contribution in [2.24, 2.45) is 7.05 Å². The van der Waals surface area contributed by atoms with E-state index in [1.165, 1.54) is 23.2 Å². The maximum absolute atomic E-state index is 13.3. The van der Waals surface area contributed by atoms with Crippen LogP contribution in [0.5, 0.6) is 0 Å². The summed E-state index contributed by atoms with van der Waals surface area (Å²) in [7, 11) is 1.61. The molecule has 0 spiro atoms. The second-order valence-corrected chi connectivity index (χ2v) is 3.44. The third-order valence-corrected chi connectivity index (χ3v) is 2.25. The molecular formula is C11H9F2N3O. The zero-order chi connectivity index (χ0) is 12.4. The van der Waals surface area contributed by atoms with Crippen LogP contribution in [0, 0.1) is 11.6 Å². The van der Waals surface area contributed by atoms with Gasteiger partial charge >= 0.3 is 0 Å². The number of rotatable bonds is 2. The van der Waals surface area contributed by atoms with Gasteiger partial charge in [0.05, 0.1) is 12.5 Å². The van der Waals surface area contributed by atoms with Crippen LogP contribution in [0.2, 0.25) is 0 Å². The highest BCUT2D eigenvalue weighted by Crippen LogP contribution is 2.18. The van der Waals surface area contributed by atoms with Gasteiger partial charge in [-0.1, -0.05) is 6.07 Å². The van der Waals surface area contributed by atoms with Gasteiger partial charge in [-0.3, -0.25) is 4.79 Å². The van der Waals surface area contributed by atoms with Crippen molar-refractivity contribution >= 4 is 11.6 Å². The Morgan fingerprint density at radius 1 is 1.35 bits per heavy atom. The maximum Gasteiger partial charge on any atom is 0.274 e. The van der Waals surface area contributed by atoms with Crippen LogP contribution in [0.3, 0.4) is 0 Å². The van der Waals surface area contributed by atoms with Crippen molar-refractivity contribution in [3.8, 4) is 0 Å². The van der Waals surface area contributed by atoms with Crippen molar-refractivity contribution in [1.29, 1.82) is 0 Å². The highest BCUT2D eigenvalue weighted by atomic mass is 19.1. The number of para-hydroxylation sites is 1. The Bertz CT molecular complexity index is 545. The number of carbonyl (C=O) groups is 1. The average Bonchev–Trinajstić information content (AvgIpc) is 2.70. The Labute approximate surface area is 95.9 Å². The first-order valence-electron chi connectivity index (χ1n) is 4.81. The lowest BCUT2D eigenvalue weighted by Crippen LogP contribution is -2.17. The molecule has 0 aliphatic heterocycles. The lowest BCUT2D eigenvalue weighted by Gasteiger charge is -2.07. The average molecular weight is 237 g/mol. The lowest BCUT2D eigenvalue weighted by molar-refractivity contribution is 0.101. The smallest absolute Gasteiger partial charge is 0.274 e. The summed E-state index contributed by atoms with van der Waals surface area (Å²) in [6.07, 6.45) is 2.74. The minimum absolute atomic E-state index is 0.215. The number of hydrogen-bond donors (Lipinski definition) is 1. The van der Waals surface area contributed by atoms with E-state index < -0.39 is 23.2 Å². The maximum atomic E-state index is 13.3. The number of imidazole rings is 1. The first kappa shape index (κ1) is 11.3. The fourth-order valence-corrected chi connectivity index (χ4v) is 1.37. The molecule has 1 heterocycles. The molecule has 0 saturated heterocycles. The van der Waals surface area contributed by atoms with Crippen LogP contribution < -0.4 is 5.32 Å². The molecule has 1 aromatic heterocycles. The van der Waals surface area contributed by atoms with E-state index in [9.17, 15) is 13.6 Å². The van der Waals surface area contributed by atoms with Crippen LogP contribution >= 0.6 is 0 Å². The van der Waals surface area contributed by atoms with E-state index in [2.05, 4.69) is 10.3 Å². The highest BCUT2D eigenvalue weighted by Gasteiger charge is 2.15. The second kappa shape index (κ2) is 4.32. The predicted molar refractivity (Wildman–Crippen MR) is 57.5 cm³/mol. The number of amides is 1. The molecule has 88 valence electrons. The minimum atomic E-state index is -0.819. The van der Waals surface area contributed by atoms with Gasteiger partial charge in [0, 0.05) is 7.05 Å². The third kappa shape index (κ3) is 2.15. The molecule has 6 heteroatoms. The number of nitrogens with zero attached hydrogens (tertiary/aromatic N) is 2. The Morgan fingerprint density at radius 3 is 2.53 bits per heavy atom. The fraction of sp³-hybridized carbons (Fsp3) is 0.0909. The van der Waals surface area contributed by atoms with Crippen LogP contribution in [0.4, 0.5) is 14.5 Å². The molecule has 0 fully saturated rings. The van der Waals surface area contributed by atoms with E-state index in [1.54, 1.807) is 7.05 Å². The van der Waals surface area contributed by atoms with Gasteiger partial charge in [0.1, 0.15) is 23.0 Å². The van der Waals surface area contributed by atoms with E-state index in [-0.39, 0.29) is 5.69 Å². The van der Waals surface area contributed by atoms with Gasteiger partial charge in [-0.25, -0.2) is 13.8 Å². The monoisotopic (exact) mass is 237 g/mol. The number of nitrogens with one attached hydrogen (secondary N) is 1. The normalized spacial score (nSPS) is 10.3. The van der Waals surface area contributed by atoms with E-state index in [1.807, 2.05) is 0 Å². The van der Waals surface area contributed by atoms with Gasteiger partial charge in [-0.2, -0.15) is 0 Å². The molecule has 1 N–H and O–H groups in total. The van der Waals surface area contributed by atoms with Crippen LogP contribution in [-0.2, 0) is 7.05 Å². The fourth-order valence-electron chi connectivity index (χ4n) is 1.37. The van der Waals surface area contributed by atoms with Crippen molar-refractivity contribution in [2.75, 3.05) is 5.32 Å². The first-order chi connectivity index (χ1) is 8.09. The van der Waals surface area contributed by atoms with E-state index in [0.29, 0.717) is 0 Å². The van der Waals surface area contributed by atoms with Gasteiger partial charge < -0.3 is 9.88 Å². The molecule has 0 aliphatic carbocycles. The number of hydrogen-bond acceptors (Lipinski definition) is 2. The number of anilines is 1. The minimum Gasteiger partial charge on any atom is -0.330 e. The number of aromatic nitrogens is 2. The Balaban J connectivity index is 2.28. The van der Waals surface area contributed by atoms with E-state index in [0.717, 1.165) is 12.1 Å². The van der Waals surface area contributed by atoms with Crippen molar-refractivity contribution < 1.29 is 13.6 Å². The molecule has 2 rings (SSSR count). The van der Waals surface area contributed by atoms with Gasteiger partial charge in [0.2, 0.25) is 0 Å². The molecule has 2 aromatic rings. The predicted octanol–water partition coefficient (Wildman–Crippen LogP) is 1.95. The summed E-state index contributed by atoms with van der Waals surface area (Å²) >= 11 is 0. The lowest BCUT2D eigenvalue weighted by atomic mass is 10.3. The van der Waals surface area contributed by atoms with Gasteiger partial charge in [0.15, 0.2) is 0 Å². The molecule has 0 aliphatic rings. The van der Waals surface area contributed by atoms with E-state index in [4.69, 9.17) is 0 Å². The summed E-state index contributed by atoms with van der Waals surface area (Å²) < 4.78 is 28.0. The topological polar surface area (TPSA) is 46.9 Å². The SMILES string of the molecule is Cn1cncc1C(=O)Nc1c(F)cccc1F. The van der Waals surface area contributed by atoms with E-state index >= 15 is 0 Å². The van der Waals surface area contributed by atoms with Crippen LogP contribution in [0.1, 0.15) is 10.5 Å². The van der Waals surface area contributed by atoms with Crippen molar-refractivity contribution in [2.45, 2.75) is 0 Å². The first-order valence-corrected chi connectivity index (χ1v) is 4.81. The van der Waals surface area contributed by atoms with Crippen LogP contribution in [0.15, 0.2) is 30.7 Å². The standard InChI is InChI=1S/C11H9F2N3O/c1-16-6-14-5-9(16)11(17)15-10-7(12)3-2-4-8(10)13/h2-6H,1H3,(H,15,17). The molecule has 0 radical (unpaired) electrons. The summed E-state index contributed by atoms with van der Waals surface area (Å²) in [5.41, 5.74) is -0.244. The zero-order valence-electron chi connectivity index (χ0n) is 8.95. The highest BCUT2D eigenvalue weighted by molar-refractivity contribution is 6.03. The van der Waals surface area contributed by atoms with Gasteiger partial charge in [-0.15, -0.1) is 0 Å². The van der Waals surface area contributed by atoms with Crippen molar-refractivity contribution in [3.63, 3.8) is 0 Å². The Kier molecular flexibility index (Phi) is 2.86. The van der Waals surface area contributed by atoms with Gasteiger partial charge in [0.25, 0.3) is 5.91 Å². The summed E-state index contributed by atoms with van der Waals surface area (Å²) in [6.45, 7) is 0. The molecule has 1 amide bonds. The largest absolute Gasteiger partial charge is 0.330 e. The summed E-state index contributed by atoms with van der Waals surface area (Å²) in [6, 6.07) is 3.37. The van der Waals surface area contributed by atoms with Crippen LogP contribution in [0.25, 0.3) is 0 Å². The number of carbonyl (C=O) groups excluding carboxylic acids is 1. The molecule has 0 unspecified atom stereocenters. The van der Waals surface area contributed by atoms with Gasteiger partial charge in [-0.05, 0) is 12.1 Å².